The lowest BCUT2D eigenvalue weighted by atomic mass is 10.1. The smallest absolute Gasteiger partial charge is 0.335 e. The summed E-state index contributed by atoms with van der Waals surface area (Å²) in [5.74, 6) is -1.76. The molecule has 3 aromatic rings. The fourth-order valence-corrected chi connectivity index (χ4v) is 2.46. The molecule has 1 unspecified atom stereocenters. The summed E-state index contributed by atoms with van der Waals surface area (Å²) in [6, 6.07) is 23.8. The Balaban J connectivity index is 0.000000250. The minimum Gasteiger partial charge on any atom is -0.478 e. The molecule has 0 aromatic heterocycles. The van der Waals surface area contributed by atoms with Crippen LogP contribution in [0.4, 0.5) is 5.69 Å². The standard InChI is InChI=1S/C10H16N2O2.2C7H6O2/c11-9-3-1-2-8(6-9)10(7-14)12-4-5-13;2*8-7(9)6-4-2-1-3-5-6/h1-3,6,10,12-14H,4-5,7,11H2;2*1-5H,(H,8,9). The van der Waals surface area contributed by atoms with Crippen LogP contribution >= 0.6 is 0 Å². The minimum absolute atomic E-state index is 0.0105. The molecule has 0 heterocycles. The molecule has 3 aromatic carbocycles. The zero-order valence-electron chi connectivity index (χ0n) is 17.5. The van der Waals surface area contributed by atoms with E-state index in [0.717, 1.165) is 5.56 Å². The van der Waals surface area contributed by atoms with Crippen LogP contribution in [0.15, 0.2) is 84.9 Å². The van der Waals surface area contributed by atoms with Gasteiger partial charge in [0.1, 0.15) is 0 Å². The van der Waals surface area contributed by atoms with E-state index in [1.165, 1.54) is 0 Å². The van der Waals surface area contributed by atoms with E-state index in [9.17, 15) is 9.59 Å². The van der Waals surface area contributed by atoms with E-state index in [1.54, 1.807) is 66.7 Å². The van der Waals surface area contributed by atoms with Crippen LogP contribution in [-0.2, 0) is 0 Å². The van der Waals surface area contributed by atoms with Gasteiger partial charge in [-0.1, -0.05) is 48.5 Å². The summed E-state index contributed by atoms with van der Waals surface area (Å²) in [5, 5.41) is 37.5. The first-order chi connectivity index (χ1) is 15.4. The van der Waals surface area contributed by atoms with Gasteiger partial charge in [-0.05, 0) is 42.0 Å². The van der Waals surface area contributed by atoms with Crippen molar-refractivity contribution in [2.75, 3.05) is 25.5 Å². The highest BCUT2D eigenvalue weighted by Gasteiger charge is 2.08. The second-order valence-electron chi connectivity index (χ2n) is 6.43. The van der Waals surface area contributed by atoms with E-state index in [4.69, 9.17) is 26.2 Å². The second kappa shape index (κ2) is 15.1. The summed E-state index contributed by atoms with van der Waals surface area (Å²) in [7, 11) is 0. The number of carbonyl (C=O) groups is 2. The molecule has 0 saturated heterocycles. The van der Waals surface area contributed by atoms with Crippen LogP contribution < -0.4 is 11.1 Å². The molecule has 0 aliphatic heterocycles. The summed E-state index contributed by atoms with van der Waals surface area (Å²) in [6.45, 7) is 0.502. The predicted octanol–water partition coefficient (Wildman–Crippen LogP) is 2.65. The van der Waals surface area contributed by atoms with E-state index >= 15 is 0 Å². The Kier molecular flexibility index (Phi) is 12.4. The second-order valence-corrected chi connectivity index (χ2v) is 6.43. The molecule has 0 aliphatic carbocycles. The zero-order valence-corrected chi connectivity index (χ0v) is 17.5. The van der Waals surface area contributed by atoms with E-state index in [2.05, 4.69) is 5.32 Å². The molecule has 0 fully saturated rings. The Labute approximate surface area is 186 Å². The van der Waals surface area contributed by atoms with Gasteiger partial charge in [0.05, 0.1) is 30.4 Å². The van der Waals surface area contributed by atoms with Gasteiger partial charge in [-0.3, -0.25) is 0 Å². The highest BCUT2D eigenvalue weighted by Crippen LogP contribution is 2.14. The van der Waals surface area contributed by atoms with Gasteiger partial charge in [0.25, 0.3) is 0 Å². The van der Waals surface area contributed by atoms with Crippen LogP contribution in [-0.4, -0.2) is 52.1 Å². The maximum atomic E-state index is 10.2. The van der Waals surface area contributed by atoms with Crippen LogP contribution in [0.25, 0.3) is 0 Å². The van der Waals surface area contributed by atoms with E-state index < -0.39 is 11.9 Å². The first kappa shape index (κ1) is 26.3. The number of aliphatic hydroxyl groups excluding tert-OH is 2. The number of aromatic carboxylic acids is 2. The van der Waals surface area contributed by atoms with E-state index in [1.807, 2.05) is 18.2 Å². The maximum absolute atomic E-state index is 10.2. The Morgan fingerprint density at radius 2 is 1.28 bits per heavy atom. The fourth-order valence-electron chi connectivity index (χ4n) is 2.46. The minimum atomic E-state index is -0.879. The average molecular weight is 440 g/mol. The van der Waals surface area contributed by atoms with Gasteiger partial charge in [0.15, 0.2) is 0 Å². The molecule has 0 spiro atoms. The molecule has 1 atom stereocenters. The number of rotatable bonds is 7. The summed E-state index contributed by atoms with van der Waals surface area (Å²) >= 11 is 0. The number of nitrogens with one attached hydrogen (secondary N) is 1. The molecule has 170 valence electrons. The van der Waals surface area contributed by atoms with Crippen molar-refractivity contribution in [2.24, 2.45) is 0 Å². The average Bonchev–Trinajstić information content (AvgIpc) is 2.82. The predicted molar refractivity (Wildman–Crippen MR) is 123 cm³/mol. The number of anilines is 1. The number of hydrogen-bond acceptors (Lipinski definition) is 6. The van der Waals surface area contributed by atoms with Crippen LogP contribution in [0, 0.1) is 0 Å². The van der Waals surface area contributed by atoms with Gasteiger partial charge in [0.2, 0.25) is 0 Å². The largest absolute Gasteiger partial charge is 0.478 e. The molecule has 3 rings (SSSR count). The number of carboxylic acids is 2. The summed E-state index contributed by atoms with van der Waals surface area (Å²) < 4.78 is 0. The highest BCUT2D eigenvalue weighted by molar-refractivity contribution is 5.87. The van der Waals surface area contributed by atoms with Gasteiger partial charge in [-0.15, -0.1) is 0 Å². The molecule has 0 radical (unpaired) electrons. The third-order valence-electron chi connectivity index (χ3n) is 4.04. The molecule has 0 saturated carbocycles. The Morgan fingerprint density at radius 3 is 1.62 bits per heavy atom. The molecular formula is C24H28N2O6. The zero-order chi connectivity index (χ0) is 23.8. The lowest BCUT2D eigenvalue weighted by molar-refractivity contribution is 0.0686. The number of nitrogen functional groups attached to an aromatic ring is 1. The molecule has 8 heteroatoms. The number of benzene rings is 3. The normalized spacial score (nSPS) is 10.6. The first-order valence-corrected chi connectivity index (χ1v) is 9.76. The van der Waals surface area contributed by atoms with Crippen molar-refractivity contribution >= 4 is 17.6 Å². The number of hydrogen-bond donors (Lipinski definition) is 6. The molecule has 8 nitrogen and oxygen atoms in total. The molecular weight excluding hydrogens is 412 g/mol. The number of carboxylic acid groups (broad SMARTS) is 2. The van der Waals surface area contributed by atoms with Crippen molar-refractivity contribution in [3.63, 3.8) is 0 Å². The SMILES string of the molecule is Nc1cccc(C(CO)NCCO)c1.O=C(O)c1ccccc1.O=C(O)c1ccccc1. The molecule has 0 aliphatic rings. The van der Waals surface area contributed by atoms with Crippen molar-refractivity contribution in [1.82, 2.24) is 5.32 Å². The Morgan fingerprint density at radius 1 is 0.781 bits per heavy atom. The number of nitrogens with two attached hydrogens (primary N) is 1. The van der Waals surface area contributed by atoms with Crippen molar-refractivity contribution < 1.29 is 30.0 Å². The molecule has 0 amide bonds. The lowest BCUT2D eigenvalue weighted by Gasteiger charge is -2.16. The third kappa shape index (κ3) is 10.4. The van der Waals surface area contributed by atoms with Gasteiger partial charge in [-0.2, -0.15) is 0 Å². The fraction of sp³-hybridized carbons (Fsp3) is 0.167. The van der Waals surface area contributed by atoms with Gasteiger partial charge in [-0.25, -0.2) is 9.59 Å². The topological polar surface area (TPSA) is 153 Å². The van der Waals surface area contributed by atoms with E-state index in [-0.39, 0.29) is 19.3 Å². The highest BCUT2D eigenvalue weighted by atomic mass is 16.4. The molecule has 7 N–H and O–H groups in total. The van der Waals surface area contributed by atoms with Crippen LogP contribution in [0.2, 0.25) is 0 Å². The van der Waals surface area contributed by atoms with Gasteiger partial charge in [0, 0.05) is 12.2 Å². The van der Waals surface area contributed by atoms with Gasteiger partial charge < -0.3 is 31.5 Å². The summed E-state index contributed by atoms with van der Waals surface area (Å²) in [5.41, 5.74) is 7.89. The molecule has 0 bridgehead atoms. The van der Waals surface area contributed by atoms with Crippen LogP contribution in [0.5, 0.6) is 0 Å². The lowest BCUT2D eigenvalue weighted by Crippen LogP contribution is -2.27. The Hall–Kier alpha value is -3.72. The Bertz CT molecular complexity index is 886. The van der Waals surface area contributed by atoms with Gasteiger partial charge >= 0.3 is 11.9 Å². The summed E-state index contributed by atoms with van der Waals surface area (Å²) in [4.78, 5) is 20.4. The van der Waals surface area contributed by atoms with Crippen molar-refractivity contribution in [3.8, 4) is 0 Å². The third-order valence-corrected chi connectivity index (χ3v) is 4.04. The quantitative estimate of drug-likeness (QED) is 0.307. The summed E-state index contributed by atoms with van der Waals surface area (Å²) in [6.07, 6.45) is 0. The van der Waals surface area contributed by atoms with Crippen molar-refractivity contribution in [3.05, 3.63) is 102 Å². The van der Waals surface area contributed by atoms with Crippen LogP contribution in [0.3, 0.4) is 0 Å². The molecule has 32 heavy (non-hydrogen) atoms. The van der Waals surface area contributed by atoms with Crippen LogP contribution in [0.1, 0.15) is 32.3 Å². The van der Waals surface area contributed by atoms with E-state index in [0.29, 0.717) is 23.4 Å². The first-order valence-electron chi connectivity index (χ1n) is 9.76. The van der Waals surface area contributed by atoms with Crippen molar-refractivity contribution in [1.29, 1.82) is 0 Å². The maximum Gasteiger partial charge on any atom is 0.335 e. The monoisotopic (exact) mass is 440 g/mol. The number of aliphatic hydroxyl groups is 2. The van der Waals surface area contributed by atoms with Crippen molar-refractivity contribution in [2.45, 2.75) is 6.04 Å².